The highest BCUT2D eigenvalue weighted by molar-refractivity contribution is 5.94. The van der Waals surface area contributed by atoms with Crippen molar-refractivity contribution in [1.29, 1.82) is 5.26 Å². The smallest absolute Gasteiger partial charge is 0.271 e. The van der Waals surface area contributed by atoms with Gasteiger partial charge in [0.05, 0.1) is 16.8 Å². The van der Waals surface area contributed by atoms with Gasteiger partial charge in [-0.2, -0.15) is 5.26 Å². The molecule has 1 aliphatic heterocycles. The van der Waals surface area contributed by atoms with Crippen molar-refractivity contribution in [2.24, 2.45) is 4.99 Å². The van der Waals surface area contributed by atoms with Gasteiger partial charge in [-0.1, -0.05) is 6.07 Å². The molecule has 8 nitrogen and oxygen atoms in total. The van der Waals surface area contributed by atoms with Crippen molar-refractivity contribution >= 4 is 28.7 Å². The molecular formula is C24H23N5O3. The number of pyridine rings is 2. The summed E-state index contributed by atoms with van der Waals surface area (Å²) in [6, 6.07) is 11.2. The Morgan fingerprint density at radius 3 is 2.84 bits per heavy atom. The zero-order chi connectivity index (χ0) is 22.7. The Bertz CT molecular complexity index is 1310. The zero-order valence-electron chi connectivity index (χ0n) is 17.8. The number of benzene rings is 1. The van der Waals surface area contributed by atoms with E-state index in [1.54, 1.807) is 18.0 Å². The summed E-state index contributed by atoms with van der Waals surface area (Å²) in [5.74, 6) is -0.123. The molecule has 162 valence electrons. The van der Waals surface area contributed by atoms with Gasteiger partial charge in [0.1, 0.15) is 11.6 Å². The van der Waals surface area contributed by atoms with Crippen molar-refractivity contribution in [2.75, 3.05) is 13.1 Å². The number of rotatable bonds is 6. The van der Waals surface area contributed by atoms with E-state index >= 15 is 0 Å². The van der Waals surface area contributed by atoms with Gasteiger partial charge in [-0.05, 0) is 49.6 Å². The second-order valence-electron chi connectivity index (χ2n) is 7.75. The number of nitriles is 1. The molecule has 0 radical (unpaired) electrons. The highest BCUT2D eigenvalue weighted by Gasteiger charge is 2.21. The molecule has 0 aliphatic carbocycles. The zero-order valence-corrected chi connectivity index (χ0v) is 17.8. The van der Waals surface area contributed by atoms with Gasteiger partial charge in [0.2, 0.25) is 11.8 Å². The van der Waals surface area contributed by atoms with Crippen LogP contribution in [0.25, 0.3) is 10.9 Å². The highest BCUT2D eigenvalue weighted by Crippen LogP contribution is 2.26. The molecule has 0 atom stereocenters. The van der Waals surface area contributed by atoms with Crippen LogP contribution < -0.4 is 5.56 Å². The normalized spacial score (nSPS) is 13.9. The Labute approximate surface area is 185 Å². The van der Waals surface area contributed by atoms with Crippen molar-refractivity contribution in [2.45, 2.75) is 32.7 Å². The van der Waals surface area contributed by atoms with E-state index in [1.165, 1.54) is 10.8 Å². The number of nitrogens with zero attached hydrogens (tertiary/aromatic N) is 5. The molecule has 1 N–H and O–H groups in total. The molecular weight excluding hydrogens is 406 g/mol. The van der Waals surface area contributed by atoms with Crippen LogP contribution in [-0.2, 0) is 11.3 Å². The first-order valence-electron chi connectivity index (χ1n) is 10.5. The molecule has 1 aromatic carbocycles. The largest absolute Gasteiger partial charge is 0.494 e. The average Bonchev–Trinajstić information content (AvgIpc) is 3.21. The van der Waals surface area contributed by atoms with Crippen LogP contribution in [0.3, 0.4) is 0 Å². The fourth-order valence-electron chi connectivity index (χ4n) is 4.03. The number of carbonyl (C=O) groups excluding carboxylic acids is 1. The van der Waals surface area contributed by atoms with Gasteiger partial charge < -0.3 is 10.0 Å². The van der Waals surface area contributed by atoms with E-state index in [0.717, 1.165) is 23.9 Å². The number of aromatic nitrogens is 2. The van der Waals surface area contributed by atoms with Gasteiger partial charge in [-0.25, -0.2) is 0 Å². The summed E-state index contributed by atoms with van der Waals surface area (Å²) >= 11 is 0. The van der Waals surface area contributed by atoms with E-state index in [9.17, 15) is 20.0 Å². The Kier molecular flexibility index (Phi) is 5.99. The lowest BCUT2D eigenvalue weighted by molar-refractivity contribution is -0.127. The molecule has 3 aromatic rings. The summed E-state index contributed by atoms with van der Waals surface area (Å²) in [4.78, 5) is 35.2. The lowest BCUT2D eigenvalue weighted by Gasteiger charge is -2.17. The van der Waals surface area contributed by atoms with Gasteiger partial charge in [-0.3, -0.25) is 24.1 Å². The topological polar surface area (TPSA) is 112 Å². The summed E-state index contributed by atoms with van der Waals surface area (Å²) < 4.78 is 1.19. The number of hydrogen-bond donors (Lipinski definition) is 1. The van der Waals surface area contributed by atoms with Gasteiger partial charge in [-0.15, -0.1) is 0 Å². The molecule has 2 aromatic heterocycles. The van der Waals surface area contributed by atoms with Gasteiger partial charge in [0, 0.05) is 43.9 Å². The van der Waals surface area contributed by atoms with E-state index in [-0.39, 0.29) is 23.9 Å². The highest BCUT2D eigenvalue weighted by atomic mass is 16.3. The third-order valence-electron chi connectivity index (χ3n) is 5.78. The number of carbonyl (C=O) groups is 1. The average molecular weight is 429 g/mol. The molecule has 0 spiro atoms. The Balaban J connectivity index is 1.68. The number of aromatic hydroxyl groups is 1. The first-order chi connectivity index (χ1) is 15.5. The van der Waals surface area contributed by atoms with Crippen LogP contribution in [0.2, 0.25) is 0 Å². The Morgan fingerprint density at radius 2 is 2.09 bits per heavy atom. The van der Waals surface area contributed by atoms with Gasteiger partial charge in [0.15, 0.2) is 0 Å². The first-order valence-corrected chi connectivity index (χ1v) is 10.5. The summed E-state index contributed by atoms with van der Waals surface area (Å²) in [7, 11) is 0. The van der Waals surface area contributed by atoms with E-state index in [0.29, 0.717) is 36.2 Å². The molecule has 1 fully saturated rings. The number of likely N-dealkylation sites (tertiary alicyclic amines) is 1. The van der Waals surface area contributed by atoms with Crippen LogP contribution in [0.4, 0.5) is 5.69 Å². The monoisotopic (exact) mass is 429 g/mol. The van der Waals surface area contributed by atoms with Crippen LogP contribution in [0, 0.1) is 18.3 Å². The molecule has 1 aliphatic rings. The van der Waals surface area contributed by atoms with Crippen molar-refractivity contribution in [1.82, 2.24) is 14.5 Å². The van der Waals surface area contributed by atoms with Crippen LogP contribution in [0.1, 0.15) is 36.0 Å². The van der Waals surface area contributed by atoms with Crippen LogP contribution >= 0.6 is 0 Å². The minimum atomic E-state index is -0.540. The first kappa shape index (κ1) is 21.2. The van der Waals surface area contributed by atoms with Crippen molar-refractivity contribution < 1.29 is 9.90 Å². The SMILES string of the molecule is Cc1c(C=Nc2cccc3ncccc23)c(O)n(CCCN2CCCC2=O)c(=O)c1C#N. The minimum Gasteiger partial charge on any atom is -0.494 e. The number of hydrogen-bond acceptors (Lipinski definition) is 6. The molecule has 1 amide bonds. The van der Waals surface area contributed by atoms with Crippen LogP contribution in [0.5, 0.6) is 5.88 Å². The Morgan fingerprint density at radius 1 is 1.25 bits per heavy atom. The van der Waals surface area contributed by atoms with E-state index < -0.39 is 5.56 Å². The summed E-state index contributed by atoms with van der Waals surface area (Å²) in [5, 5.41) is 21.3. The number of fused-ring (bicyclic) bond motifs is 1. The quantitative estimate of drug-likeness (QED) is 0.606. The second kappa shape index (κ2) is 9.02. The third-order valence-corrected chi connectivity index (χ3v) is 5.78. The molecule has 0 bridgehead atoms. The minimum absolute atomic E-state index is 0.0268. The maximum Gasteiger partial charge on any atom is 0.271 e. The van der Waals surface area contributed by atoms with Crippen molar-refractivity contribution in [3.05, 3.63) is 63.6 Å². The van der Waals surface area contributed by atoms with Crippen LogP contribution in [-0.4, -0.2) is 44.8 Å². The fourth-order valence-corrected chi connectivity index (χ4v) is 4.03. The molecule has 0 unspecified atom stereocenters. The maximum atomic E-state index is 12.8. The van der Waals surface area contributed by atoms with Crippen LogP contribution in [0.15, 0.2) is 46.3 Å². The summed E-state index contributed by atoms with van der Waals surface area (Å²) in [5.41, 5.74) is 1.59. The molecule has 3 heterocycles. The predicted octanol–water partition coefficient (Wildman–Crippen LogP) is 3.05. The molecule has 1 saturated heterocycles. The Hall–Kier alpha value is -3.99. The lowest BCUT2D eigenvalue weighted by atomic mass is 10.1. The standard InChI is InChI=1S/C24H23N5O3/c1-16-18(14-25)23(31)29(13-5-12-28-11-4-9-22(28)30)24(32)19(16)15-27-21-8-2-7-20-17(21)6-3-10-26-20/h2-3,6-8,10,15,32H,4-5,9,11-13H2,1H3. The molecule has 0 saturated carbocycles. The van der Waals surface area contributed by atoms with Gasteiger partial charge >= 0.3 is 0 Å². The van der Waals surface area contributed by atoms with Crippen molar-refractivity contribution in [3.8, 4) is 11.9 Å². The van der Waals surface area contributed by atoms with E-state index in [1.807, 2.05) is 36.4 Å². The molecule has 32 heavy (non-hydrogen) atoms. The maximum absolute atomic E-state index is 12.8. The summed E-state index contributed by atoms with van der Waals surface area (Å²) in [6.45, 7) is 3.04. The second-order valence-corrected chi connectivity index (χ2v) is 7.75. The number of aliphatic imine (C=N–C) groups is 1. The predicted molar refractivity (Wildman–Crippen MR) is 121 cm³/mol. The molecule has 4 rings (SSSR count). The summed E-state index contributed by atoms with van der Waals surface area (Å²) in [6.07, 6.45) is 5.08. The van der Waals surface area contributed by atoms with Gasteiger partial charge in [0.25, 0.3) is 5.56 Å². The molecule has 8 heteroatoms. The lowest BCUT2D eigenvalue weighted by Crippen LogP contribution is -2.29. The van der Waals surface area contributed by atoms with E-state index in [2.05, 4.69) is 9.98 Å². The third kappa shape index (κ3) is 3.97. The van der Waals surface area contributed by atoms with Crippen molar-refractivity contribution in [3.63, 3.8) is 0 Å². The number of amides is 1. The van der Waals surface area contributed by atoms with E-state index in [4.69, 9.17) is 0 Å². The fraction of sp³-hybridized carbons (Fsp3) is 0.292.